The topological polar surface area (TPSA) is 12.5 Å². The van der Waals surface area contributed by atoms with E-state index in [1.54, 1.807) is 0 Å². The van der Waals surface area contributed by atoms with Crippen molar-refractivity contribution in [2.45, 2.75) is 17.4 Å². The van der Waals surface area contributed by atoms with Gasteiger partial charge in [-0.05, 0) is 25.1 Å². The van der Waals surface area contributed by atoms with E-state index in [9.17, 15) is 8.78 Å². The Morgan fingerprint density at radius 2 is 2.21 bits per heavy atom. The predicted octanol–water partition coefficient (Wildman–Crippen LogP) is 2.85. The Bertz CT molecular complexity index is 350. The van der Waals surface area contributed by atoms with Gasteiger partial charge >= 0.3 is 0 Å². The van der Waals surface area contributed by atoms with Crippen molar-refractivity contribution in [2.75, 3.05) is 12.4 Å². The van der Waals surface area contributed by atoms with Gasteiger partial charge in [-0.15, -0.1) is 11.8 Å². The third-order valence-corrected chi connectivity index (χ3v) is 3.44. The fourth-order valence-electron chi connectivity index (χ4n) is 1.02. The molecule has 76 valence electrons. The van der Waals surface area contributed by atoms with Crippen molar-refractivity contribution in [3.63, 3.8) is 0 Å². The molecule has 1 aromatic carbocycles. The van der Waals surface area contributed by atoms with Crippen LogP contribution in [-0.4, -0.2) is 18.0 Å². The third kappa shape index (κ3) is 2.25. The molecule has 0 aromatic heterocycles. The summed E-state index contributed by atoms with van der Waals surface area (Å²) in [5.74, 6) is -0.121. The first-order chi connectivity index (χ1) is 6.59. The quantitative estimate of drug-likeness (QED) is 0.569. The first-order valence-corrected chi connectivity index (χ1v) is 5.29. The summed E-state index contributed by atoms with van der Waals surface area (Å²) in [4.78, 5) is 0.349. The van der Waals surface area contributed by atoms with E-state index < -0.39 is 5.82 Å². The number of epoxide rings is 1. The van der Waals surface area contributed by atoms with Gasteiger partial charge in [0.15, 0.2) is 0 Å². The molecule has 0 amide bonds. The molecule has 1 aliphatic heterocycles. The molecule has 2 rings (SSSR count). The maximum atomic E-state index is 13.1. The van der Waals surface area contributed by atoms with E-state index in [0.29, 0.717) is 17.3 Å². The molecular weight excluding hydrogens is 206 g/mol. The van der Waals surface area contributed by atoms with Crippen molar-refractivity contribution in [2.24, 2.45) is 0 Å². The number of halogens is 2. The van der Waals surface area contributed by atoms with Crippen molar-refractivity contribution in [3.05, 3.63) is 29.8 Å². The highest BCUT2D eigenvalue weighted by Gasteiger charge is 2.39. The monoisotopic (exact) mass is 216 g/mol. The van der Waals surface area contributed by atoms with Gasteiger partial charge in [-0.25, -0.2) is 8.78 Å². The first kappa shape index (κ1) is 9.93. The first-order valence-electron chi connectivity index (χ1n) is 4.31. The Morgan fingerprint density at radius 3 is 2.86 bits per heavy atom. The number of hydrogen-bond acceptors (Lipinski definition) is 2. The summed E-state index contributed by atoms with van der Waals surface area (Å²) in [7, 11) is 0. The lowest BCUT2D eigenvalue weighted by Crippen LogP contribution is -2.07. The molecule has 0 N–H and O–H groups in total. The van der Waals surface area contributed by atoms with E-state index in [2.05, 4.69) is 0 Å². The molecule has 0 spiro atoms. The summed E-state index contributed by atoms with van der Waals surface area (Å²) in [5.41, 5.74) is -0.135. The van der Waals surface area contributed by atoms with Gasteiger partial charge in [0, 0.05) is 10.6 Å². The lowest BCUT2D eigenvalue weighted by Gasteiger charge is -2.05. The number of benzene rings is 1. The van der Waals surface area contributed by atoms with Crippen LogP contribution in [-0.2, 0) is 4.74 Å². The molecule has 0 aliphatic carbocycles. The van der Waals surface area contributed by atoms with Crippen LogP contribution >= 0.6 is 11.8 Å². The highest BCUT2D eigenvalue weighted by Crippen LogP contribution is 2.34. The number of rotatable bonds is 3. The van der Waals surface area contributed by atoms with Gasteiger partial charge in [0.2, 0.25) is 0 Å². The second kappa shape index (κ2) is 3.51. The smallest absolute Gasteiger partial charge is 0.136 e. The predicted molar refractivity (Wildman–Crippen MR) is 51.4 cm³/mol. The van der Waals surface area contributed by atoms with Crippen LogP contribution in [0.25, 0.3) is 0 Å². The van der Waals surface area contributed by atoms with E-state index in [1.807, 2.05) is 6.92 Å². The lowest BCUT2D eigenvalue weighted by molar-refractivity contribution is 0.348. The van der Waals surface area contributed by atoms with Crippen LogP contribution in [0.4, 0.5) is 8.78 Å². The molecule has 1 atom stereocenters. The minimum absolute atomic E-state index is 0.135. The zero-order valence-electron chi connectivity index (χ0n) is 7.72. The molecule has 1 saturated heterocycles. The molecule has 1 aliphatic rings. The number of ether oxygens (including phenoxy) is 1. The number of thioether (sulfide) groups is 1. The van der Waals surface area contributed by atoms with Crippen molar-refractivity contribution < 1.29 is 13.5 Å². The molecule has 0 saturated carbocycles. The molecule has 14 heavy (non-hydrogen) atoms. The molecule has 1 aromatic rings. The van der Waals surface area contributed by atoms with Crippen molar-refractivity contribution >= 4 is 11.8 Å². The van der Waals surface area contributed by atoms with Crippen molar-refractivity contribution in [3.8, 4) is 0 Å². The second-order valence-electron chi connectivity index (χ2n) is 3.60. The summed E-state index contributed by atoms with van der Waals surface area (Å²) in [6.45, 7) is 2.66. The Hall–Kier alpha value is -0.610. The second-order valence-corrected chi connectivity index (χ2v) is 4.62. The molecule has 1 heterocycles. The Balaban J connectivity index is 2.04. The van der Waals surface area contributed by atoms with Gasteiger partial charge in [-0.3, -0.25) is 0 Å². The van der Waals surface area contributed by atoms with Crippen LogP contribution in [0.5, 0.6) is 0 Å². The maximum Gasteiger partial charge on any atom is 0.136 e. The van der Waals surface area contributed by atoms with Gasteiger partial charge in [-0.2, -0.15) is 0 Å². The average molecular weight is 216 g/mol. The highest BCUT2D eigenvalue weighted by atomic mass is 32.2. The summed E-state index contributed by atoms with van der Waals surface area (Å²) in [5, 5.41) is 0. The van der Waals surface area contributed by atoms with Crippen LogP contribution in [0.15, 0.2) is 23.1 Å². The Kier molecular flexibility index (Phi) is 2.49. The van der Waals surface area contributed by atoms with Crippen molar-refractivity contribution in [1.29, 1.82) is 0 Å². The van der Waals surface area contributed by atoms with Crippen molar-refractivity contribution in [1.82, 2.24) is 0 Å². The van der Waals surface area contributed by atoms with E-state index in [0.717, 1.165) is 12.1 Å². The maximum absolute atomic E-state index is 13.1. The van der Waals surface area contributed by atoms with Gasteiger partial charge in [0.05, 0.1) is 12.2 Å². The lowest BCUT2D eigenvalue weighted by atomic mass is 10.3. The fourth-order valence-corrected chi connectivity index (χ4v) is 2.05. The van der Waals surface area contributed by atoms with E-state index in [-0.39, 0.29) is 11.4 Å². The summed E-state index contributed by atoms with van der Waals surface area (Å²) in [6.07, 6.45) is 0. The molecule has 0 radical (unpaired) electrons. The third-order valence-electron chi connectivity index (χ3n) is 2.06. The van der Waals surface area contributed by atoms with Gasteiger partial charge in [0.25, 0.3) is 0 Å². The molecular formula is C10H10F2OS. The van der Waals surface area contributed by atoms with E-state index in [1.165, 1.54) is 17.8 Å². The van der Waals surface area contributed by atoms with E-state index in [4.69, 9.17) is 4.74 Å². The zero-order valence-corrected chi connectivity index (χ0v) is 8.54. The van der Waals surface area contributed by atoms with Gasteiger partial charge in [0.1, 0.15) is 11.6 Å². The summed E-state index contributed by atoms with van der Waals surface area (Å²) in [6, 6.07) is 3.48. The molecule has 1 unspecified atom stereocenters. The Labute approximate surface area is 85.5 Å². The van der Waals surface area contributed by atoms with Gasteiger partial charge in [-0.1, -0.05) is 0 Å². The molecule has 4 heteroatoms. The highest BCUT2D eigenvalue weighted by molar-refractivity contribution is 7.99. The van der Waals surface area contributed by atoms with Crippen LogP contribution in [0.3, 0.4) is 0 Å². The SMILES string of the molecule is CC1(CSc2cc(F)ccc2F)CO1. The van der Waals surface area contributed by atoms with E-state index >= 15 is 0 Å². The van der Waals surface area contributed by atoms with Crippen LogP contribution in [0.1, 0.15) is 6.92 Å². The van der Waals surface area contributed by atoms with Gasteiger partial charge < -0.3 is 4.74 Å². The minimum Gasteiger partial charge on any atom is -0.369 e. The normalized spacial score (nSPS) is 25.1. The van der Waals surface area contributed by atoms with Crippen LogP contribution in [0, 0.1) is 11.6 Å². The molecule has 1 fully saturated rings. The standard InChI is InChI=1S/C10H10F2OS/c1-10(5-13-10)6-14-9-4-7(11)2-3-8(9)12/h2-4H,5-6H2,1H3. The fraction of sp³-hybridized carbons (Fsp3) is 0.400. The average Bonchev–Trinajstić information content (AvgIpc) is 2.87. The Morgan fingerprint density at radius 1 is 1.50 bits per heavy atom. The minimum atomic E-state index is -0.407. The molecule has 1 nitrogen and oxygen atoms in total. The summed E-state index contributed by atoms with van der Waals surface area (Å²) >= 11 is 1.29. The summed E-state index contributed by atoms with van der Waals surface area (Å²) < 4.78 is 31.1. The van der Waals surface area contributed by atoms with Crippen LogP contribution in [0.2, 0.25) is 0 Å². The molecule has 0 bridgehead atoms. The largest absolute Gasteiger partial charge is 0.369 e. The van der Waals surface area contributed by atoms with Crippen LogP contribution < -0.4 is 0 Å². The zero-order chi connectivity index (χ0) is 10.2. The number of hydrogen-bond donors (Lipinski definition) is 0.